The number of ether oxygens (including phenoxy) is 3. The average Bonchev–Trinajstić information content (AvgIpc) is 2.93. The van der Waals surface area contributed by atoms with Gasteiger partial charge < -0.3 is 14.2 Å². The van der Waals surface area contributed by atoms with Gasteiger partial charge in [0.2, 0.25) is 5.78 Å². The number of benzene rings is 2. The molecule has 2 rings (SSSR count). The standard InChI is InChI=1S/C16H16O3.C11H8F12O2/c1-18-16(19-2,14-11-7-4-8-12-14)15(17)13-9-5-3-6-10-13;1-4(2)6(24)25-11(22,23)10(20,21)9(18,19)8(16,17)5(12)3-7(13,14)15/h3-12H,1-2H3;5H,1,3H2,2H3. The topological polar surface area (TPSA) is 61.8 Å². The van der Waals surface area contributed by atoms with E-state index in [9.17, 15) is 62.3 Å². The lowest BCUT2D eigenvalue weighted by Gasteiger charge is -2.37. The van der Waals surface area contributed by atoms with Crippen LogP contribution in [0.5, 0.6) is 0 Å². The fourth-order valence-electron chi connectivity index (χ4n) is 3.26. The molecule has 0 aliphatic heterocycles. The highest BCUT2D eigenvalue weighted by Crippen LogP contribution is 2.55. The van der Waals surface area contributed by atoms with Gasteiger partial charge in [-0.3, -0.25) is 4.79 Å². The van der Waals surface area contributed by atoms with Crippen LogP contribution < -0.4 is 0 Å². The molecule has 246 valence electrons. The van der Waals surface area contributed by atoms with E-state index in [1.54, 1.807) is 12.1 Å². The number of ketones is 1. The molecule has 0 aliphatic rings. The smallest absolute Gasteiger partial charge is 0.393 e. The van der Waals surface area contributed by atoms with Crippen LogP contribution in [0.1, 0.15) is 29.3 Å². The van der Waals surface area contributed by atoms with Crippen LogP contribution in [0.2, 0.25) is 0 Å². The van der Waals surface area contributed by atoms with Crippen LogP contribution in [-0.4, -0.2) is 62.2 Å². The summed E-state index contributed by atoms with van der Waals surface area (Å²) in [6.07, 6.45) is -20.7. The number of carbonyl (C=O) groups excluding carboxylic acids is 2. The molecule has 17 heteroatoms. The van der Waals surface area contributed by atoms with Crippen molar-refractivity contribution in [3.05, 3.63) is 83.9 Å². The molecule has 0 N–H and O–H groups in total. The van der Waals surface area contributed by atoms with Gasteiger partial charge in [-0.2, -0.15) is 48.3 Å². The Hall–Kier alpha value is -3.60. The van der Waals surface area contributed by atoms with Crippen LogP contribution in [0.4, 0.5) is 52.7 Å². The van der Waals surface area contributed by atoms with E-state index in [2.05, 4.69) is 11.3 Å². The number of halogens is 12. The number of hydrogen-bond acceptors (Lipinski definition) is 5. The molecule has 0 saturated carbocycles. The van der Waals surface area contributed by atoms with Crippen molar-refractivity contribution in [1.29, 1.82) is 0 Å². The van der Waals surface area contributed by atoms with Gasteiger partial charge in [0.25, 0.3) is 5.79 Å². The minimum atomic E-state index is -7.36. The highest BCUT2D eigenvalue weighted by molar-refractivity contribution is 6.02. The molecule has 2 aromatic carbocycles. The van der Waals surface area contributed by atoms with Gasteiger partial charge in [0.15, 0.2) is 6.17 Å². The molecule has 0 aliphatic carbocycles. The summed E-state index contributed by atoms with van der Waals surface area (Å²) in [6.45, 7) is 3.23. The van der Waals surface area contributed by atoms with Crippen molar-refractivity contribution in [3.63, 3.8) is 0 Å². The molecular formula is C27H24F12O5. The van der Waals surface area contributed by atoms with Gasteiger partial charge in [-0.15, -0.1) is 0 Å². The molecule has 0 heterocycles. The van der Waals surface area contributed by atoms with Crippen LogP contribution in [0.3, 0.4) is 0 Å². The Morgan fingerprint density at radius 3 is 1.57 bits per heavy atom. The van der Waals surface area contributed by atoms with Gasteiger partial charge in [-0.25, -0.2) is 9.18 Å². The van der Waals surface area contributed by atoms with E-state index in [-0.39, 0.29) is 5.78 Å². The van der Waals surface area contributed by atoms with E-state index in [1.807, 2.05) is 48.5 Å². The molecule has 0 spiro atoms. The average molecular weight is 656 g/mol. The van der Waals surface area contributed by atoms with Crippen molar-refractivity contribution >= 4 is 11.8 Å². The highest BCUT2D eigenvalue weighted by Gasteiger charge is 2.84. The SMILES string of the molecule is C=C(C)C(=O)OC(F)(F)C(F)(F)C(F)(F)C(F)(F)C(F)CC(F)(F)F.COC(OC)(C(=O)c1ccccc1)c1ccccc1. The fraction of sp³-hybridized carbons (Fsp3) is 0.407. The molecule has 0 radical (unpaired) electrons. The molecule has 0 aromatic heterocycles. The third kappa shape index (κ3) is 8.11. The first kappa shape index (κ1) is 38.4. The van der Waals surface area contributed by atoms with Gasteiger partial charge in [0.1, 0.15) is 0 Å². The second kappa shape index (κ2) is 14.0. The summed E-state index contributed by atoms with van der Waals surface area (Å²) in [4.78, 5) is 23.4. The second-order valence-electron chi connectivity index (χ2n) is 8.83. The summed E-state index contributed by atoms with van der Waals surface area (Å²) in [6, 6.07) is 18.2. The molecule has 0 saturated heterocycles. The van der Waals surface area contributed by atoms with Crippen molar-refractivity contribution in [3.8, 4) is 0 Å². The Morgan fingerprint density at radius 2 is 1.18 bits per heavy atom. The Kier molecular flexibility index (Phi) is 12.2. The van der Waals surface area contributed by atoms with Crippen molar-refractivity contribution < 1.29 is 76.5 Å². The van der Waals surface area contributed by atoms with Gasteiger partial charge in [0.05, 0.1) is 6.42 Å². The Bertz CT molecular complexity index is 1260. The third-order valence-corrected chi connectivity index (χ3v) is 5.62. The minimum absolute atomic E-state index is 0.218. The predicted octanol–water partition coefficient (Wildman–Crippen LogP) is 7.91. The van der Waals surface area contributed by atoms with Crippen molar-refractivity contribution in [2.24, 2.45) is 0 Å². The van der Waals surface area contributed by atoms with E-state index in [1.165, 1.54) is 14.2 Å². The zero-order valence-electron chi connectivity index (χ0n) is 22.8. The van der Waals surface area contributed by atoms with E-state index in [0.717, 1.165) is 0 Å². The number of hydrogen-bond donors (Lipinski definition) is 0. The molecule has 1 unspecified atom stereocenters. The lowest BCUT2D eigenvalue weighted by atomic mass is 9.96. The molecule has 2 aromatic rings. The Morgan fingerprint density at radius 1 is 0.750 bits per heavy atom. The summed E-state index contributed by atoms with van der Waals surface area (Å²) >= 11 is 0. The van der Waals surface area contributed by atoms with Crippen LogP contribution in [-0.2, 0) is 24.8 Å². The molecule has 0 amide bonds. The fourth-order valence-corrected chi connectivity index (χ4v) is 3.26. The normalized spacial score (nSPS) is 13.8. The lowest BCUT2D eigenvalue weighted by molar-refractivity contribution is -0.422. The minimum Gasteiger partial charge on any atom is -0.393 e. The van der Waals surface area contributed by atoms with E-state index >= 15 is 0 Å². The highest BCUT2D eigenvalue weighted by atomic mass is 19.4. The van der Waals surface area contributed by atoms with Crippen molar-refractivity contribution in [2.75, 3.05) is 14.2 Å². The summed E-state index contributed by atoms with van der Waals surface area (Å²) in [5, 5.41) is 0. The quantitative estimate of drug-likeness (QED) is 0.0765. The number of carbonyl (C=O) groups is 2. The first-order valence-corrected chi connectivity index (χ1v) is 11.8. The van der Waals surface area contributed by atoms with Gasteiger partial charge >= 0.3 is 36.0 Å². The number of Topliss-reactive ketones (excluding diaryl/α,β-unsaturated/α-hetero) is 1. The van der Waals surface area contributed by atoms with Crippen LogP contribution in [0.25, 0.3) is 0 Å². The van der Waals surface area contributed by atoms with E-state index < -0.39 is 60.0 Å². The van der Waals surface area contributed by atoms with Crippen LogP contribution >= 0.6 is 0 Å². The van der Waals surface area contributed by atoms with Crippen molar-refractivity contribution in [1.82, 2.24) is 0 Å². The molecule has 5 nitrogen and oxygen atoms in total. The predicted molar refractivity (Wildman–Crippen MR) is 129 cm³/mol. The van der Waals surface area contributed by atoms with Crippen molar-refractivity contribution in [2.45, 2.75) is 55.4 Å². The van der Waals surface area contributed by atoms with Crippen LogP contribution in [0, 0.1) is 0 Å². The summed E-state index contributed by atoms with van der Waals surface area (Å²) < 4.78 is 166. The lowest BCUT2D eigenvalue weighted by Crippen LogP contribution is -2.65. The first-order chi connectivity index (χ1) is 19.9. The monoisotopic (exact) mass is 656 g/mol. The number of rotatable bonds is 12. The van der Waals surface area contributed by atoms with Crippen LogP contribution in [0.15, 0.2) is 72.8 Å². The number of esters is 1. The summed E-state index contributed by atoms with van der Waals surface area (Å²) in [5.74, 6) is -25.5. The molecular weight excluding hydrogens is 632 g/mol. The van der Waals surface area contributed by atoms with Gasteiger partial charge in [-0.05, 0) is 6.92 Å². The maximum Gasteiger partial charge on any atom is 0.473 e. The number of alkyl halides is 12. The Balaban J connectivity index is 0.000000454. The third-order valence-electron chi connectivity index (χ3n) is 5.62. The first-order valence-electron chi connectivity index (χ1n) is 11.8. The molecule has 44 heavy (non-hydrogen) atoms. The zero-order valence-corrected chi connectivity index (χ0v) is 22.8. The maximum absolute atomic E-state index is 13.2. The molecule has 1 atom stereocenters. The molecule has 0 bridgehead atoms. The largest absolute Gasteiger partial charge is 0.473 e. The molecule has 0 fully saturated rings. The summed E-state index contributed by atoms with van der Waals surface area (Å²) in [7, 11) is 2.94. The number of methoxy groups -OCH3 is 2. The van der Waals surface area contributed by atoms with Gasteiger partial charge in [0, 0.05) is 30.9 Å². The summed E-state index contributed by atoms with van der Waals surface area (Å²) in [5.41, 5.74) is 0.204. The van der Waals surface area contributed by atoms with E-state index in [4.69, 9.17) is 9.47 Å². The van der Waals surface area contributed by atoms with Gasteiger partial charge in [-0.1, -0.05) is 67.2 Å². The van der Waals surface area contributed by atoms with E-state index in [0.29, 0.717) is 18.1 Å². The Labute approximate surface area is 242 Å². The maximum atomic E-state index is 13.2. The zero-order chi connectivity index (χ0) is 34.4. The second-order valence-corrected chi connectivity index (χ2v) is 8.83.